The molecule has 0 fully saturated rings. The Hall–Kier alpha value is -1.02. The number of aliphatic hydroxyl groups excluding tert-OH is 1. The highest BCUT2D eigenvalue weighted by Gasteiger charge is 2.08. The molecule has 0 saturated carbocycles. The summed E-state index contributed by atoms with van der Waals surface area (Å²) in [6, 6.07) is 3.74. The van der Waals surface area contributed by atoms with Crippen LogP contribution in [0.2, 0.25) is 0 Å². The Balaban J connectivity index is 2.81. The van der Waals surface area contributed by atoms with Crippen LogP contribution in [-0.2, 0) is 0 Å². The van der Waals surface area contributed by atoms with Crippen LogP contribution in [0, 0.1) is 6.92 Å². The van der Waals surface area contributed by atoms with Crippen LogP contribution < -0.4 is 0 Å². The third-order valence-electron chi connectivity index (χ3n) is 1.61. The zero-order valence-corrected chi connectivity index (χ0v) is 6.58. The third kappa shape index (κ3) is 1.71. The highest BCUT2D eigenvalue weighted by atomic mass is 16.3. The predicted octanol–water partition coefficient (Wildman–Crippen LogP) is 1.85. The number of hydrogen-bond donors (Lipinski definition) is 1. The van der Waals surface area contributed by atoms with Gasteiger partial charge in [-0.25, -0.2) is 0 Å². The van der Waals surface area contributed by atoms with E-state index >= 15 is 0 Å². The summed E-state index contributed by atoms with van der Waals surface area (Å²) in [7, 11) is 0. The quantitative estimate of drug-likeness (QED) is 0.670. The van der Waals surface area contributed by atoms with Crippen molar-refractivity contribution in [2.75, 3.05) is 6.61 Å². The summed E-state index contributed by atoms with van der Waals surface area (Å²) >= 11 is 0. The molecule has 1 rings (SSSR count). The van der Waals surface area contributed by atoms with Gasteiger partial charge in [0.25, 0.3) is 0 Å². The van der Waals surface area contributed by atoms with Gasteiger partial charge < -0.3 is 9.52 Å². The average Bonchev–Trinajstić information content (AvgIpc) is 2.39. The van der Waals surface area contributed by atoms with E-state index < -0.39 is 0 Å². The van der Waals surface area contributed by atoms with Crippen LogP contribution in [0.25, 0.3) is 0 Å². The van der Waals surface area contributed by atoms with E-state index in [1.807, 2.05) is 19.1 Å². The van der Waals surface area contributed by atoms with Crippen LogP contribution in [0.15, 0.2) is 29.2 Å². The Morgan fingerprint density at radius 3 is 2.82 bits per heavy atom. The van der Waals surface area contributed by atoms with E-state index in [4.69, 9.17) is 9.52 Å². The van der Waals surface area contributed by atoms with Crippen LogP contribution in [0.3, 0.4) is 0 Å². The maximum Gasteiger partial charge on any atom is 0.113 e. The summed E-state index contributed by atoms with van der Waals surface area (Å²) < 4.78 is 5.30. The lowest BCUT2D eigenvalue weighted by molar-refractivity contribution is 0.268. The lowest BCUT2D eigenvalue weighted by Crippen LogP contribution is -1.97. The zero-order chi connectivity index (χ0) is 8.27. The van der Waals surface area contributed by atoms with Crippen molar-refractivity contribution in [3.05, 3.63) is 36.3 Å². The third-order valence-corrected chi connectivity index (χ3v) is 1.61. The predicted molar refractivity (Wildman–Crippen MR) is 43.5 cm³/mol. The van der Waals surface area contributed by atoms with Crippen LogP contribution in [0.4, 0.5) is 0 Å². The van der Waals surface area contributed by atoms with Gasteiger partial charge >= 0.3 is 0 Å². The number of furan rings is 1. The molecule has 11 heavy (non-hydrogen) atoms. The molecule has 1 aromatic heterocycles. The first-order valence-corrected chi connectivity index (χ1v) is 3.57. The number of rotatable bonds is 3. The second kappa shape index (κ2) is 3.39. The molecular formula is C9H12O2. The molecule has 0 amide bonds. The van der Waals surface area contributed by atoms with Crippen molar-refractivity contribution in [1.29, 1.82) is 0 Å². The standard InChI is InChI=1S/C9H12O2/c1-3-8(6-10)9-5-4-7(2)11-9/h3-5,8,10H,1,6H2,2H3. The molecule has 0 bridgehead atoms. The largest absolute Gasteiger partial charge is 0.466 e. The van der Waals surface area contributed by atoms with Gasteiger partial charge in [-0.1, -0.05) is 6.08 Å². The van der Waals surface area contributed by atoms with E-state index in [2.05, 4.69) is 6.58 Å². The van der Waals surface area contributed by atoms with Gasteiger partial charge in [-0.05, 0) is 19.1 Å². The molecule has 2 heteroatoms. The van der Waals surface area contributed by atoms with Crippen molar-refractivity contribution in [3.63, 3.8) is 0 Å². The van der Waals surface area contributed by atoms with Gasteiger partial charge in [0, 0.05) is 0 Å². The monoisotopic (exact) mass is 152 g/mol. The minimum Gasteiger partial charge on any atom is -0.466 e. The second-order valence-corrected chi connectivity index (χ2v) is 2.47. The Bertz CT molecular complexity index is 237. The molecule has 0 aromatic carbocycles. The number of hydrogen-bond acceptors (Lipinski definition) is 2. The van der Waals surface area contributed by atoms with Gasteiger partial charge in [0.15, 0.2) is 0 Å². The van der Waals surface area contributed by atoms with Crippen molar-refractivity contribution >= 4 is 0 Å². The van der Waals surface area contributed by atoms with E-state index in [0.29, 0.717) is 0 Å². The number of aryl methyl sites for hydroxylation is 1. The van der Waals surface area contributed by atoms with Crippen molar-refractivity contribution < 1.29 is 9.52 Å². The van der Waals surface area contributed by atoms with E-state index in [1.54, 1.807) is 6.08 Å². The Kier molecular flexibility index (Phi) is 2.49. The molecule has 0 radical (unpaired) electrons. The van der Waals surface area contributed by atoms with E-state index in [1.165, 1.54) is 0 Å². The first-order valence-electron chi connectivity index (χ1n) is 3.57. The molecule has 0 saturated heterocycles. The summed E-state index contributed by atoms with van der Waals surface area (Å²) in [5.74, 6) is 1.57. The maximum atomic E-state index is 8.86. The molecule has 1 heterocycles. The van der Waals surface area contributed by atoms with E-state index in [-0.39, 0.29) is 12.5 Å². The van der Waals surface area contributed by atoms with Gasteiger partial charge in [0.05, 0.1) is 12.5 Å². The molecule has 0 aliphatic heterocycles. The molecule has 1 atom stereocenters. The normalized spacial score (nSPS) is 12.9. The highest BCUT2D eigenvalue weighted by molar-refractivity contribution is 5.14. The fourth-order valence-electron chi connectivity index (χ4n) is 0.933. The summed E-state index contributed by atoms with van der Waals surface area (Å²) in [6.45, 7) is 5.53. The Morgan fingerprint density at radius 1 is 1.73 bits per heavy atom. The smallest absolute Gasteiger partial charge is 0.113 e. The van der Waals surface area contributed by atoms with Gasteiger partial charge in [-0.2, -0.15) is 0 Å². The summed E-state index contributed by atoms with van der Waals surface area (Å²) in [5.41, 5.74) is 0. The van der Waals surface area contributed by atoms with Crippen molar-refractivity contribution in [1.82, 2.24) is 0 Å². The van der Waals surface area contributed by atoms with Crippen LogP contribution in [0.5, 0.6) is 0 Å². The minimum atomic E-state index is -0.0660. The molecule has 0 aliphatic carbocycles. The van der Waals surface area contributed by atoms with Gasteiger partial charge in [0.2, 0.25) is 0 Å². The minimum absolute atomic E-state index is 0.0520. The zero-order valence-electron chi connectivity index (χ0n) is 6.58. The lowest BCUT2D eigenvalue weighted by Gasteiger charge is -2.03. The van der Waals surface area contributed by atoms with Gasteiger partial charge in [-0.3, -0.25) is 0 Å². The number of aliphatic hydroxyl groups is 1. The topological polar surface area (TPSA) is 33.4 Å². The Labute approximate surface area is 66.2 Å². The summed E-state index contributed by atoms with van der Waals surface area (Å²) in [5, 5.41) is 8.86. The SMILES string of the molecule is C=CC(CO)c1ccc(C)o1. The second-order valence-electron chi connectivity index (χ2n) is 2.47. The van der Waals surface area contributed by atoms with E-state index in [9.17, 15) is 0 Å². The van der Waals surface area contributed by atoms with Crippen LogP contribution in [-0.4, -0.2) is 11.7 Å². The summed E-state index contributed by atoms with van der Waals surface area (Å²) in [4.78, 5) is 0. The van der Waals surface area contributed by atoms with Gasteiger partial charge in [0.1, 0.15) is 11.5 Å². The van der Waals surface area contributed by atoms with Crippen molar-refractivity contribution in [2.45, 2.75) is 12.8 Å². The Morgan fingerprint density at radius 2 is 2.45 bits per heavy atom. The molecule has 1 N–H and O–H groups in total. The average molecular weight is 152 g/mol. The lowest BCUT2D eigenvalue weighted by atomic mass is 10.1. The molecule has 1 unspecified atom stereocenters. The van der Waals surface area contributed by atoms with Crippen molar-refractivity contribution in [2.24, 2.45) is 0 Å². The van der Waals surface area contributed by atoms with E-state index in [0.717, 1.165) is 11.5 Å². The first-order chi connectivity index (χ1) is 5.27. The molecule has 0 spiro atoms. The van der Waals surface area contributed by atoms with Crippen LogP contribution in [0.1, 0.15) is 17.4 Å². The molecule has 60 valence electrons. The molecule has 0 aliphatic rings. The first kappa shape index (κ1) is 8.08. The molecule has 1 aromatic rings. The molecular weight excluding hydrogens is 140 g/mol. The van der Waals surface area contributed by atoms with Gasteiger partial charge in [-0.15, -0.1) is 6.58 Å². The fraction of sp³-hybridized carbons (Fsp3) is 0.333. The molecule has 2 nitrogen and oxygen atoms in total. The summed E-state index contributed by atoms with van der Waals surface area (Å²) in [6.07, 6.45) is 1.68. The van der Waals surface area contributed by atoms with Crippen molar-refractivity contribution in [3.8, 4) is 0 Å². The highest BCUT2D eigenvalue weighted by Crippen LogP contribution is 2.18. The van der Waals surface area contributed by atoms with Crippen LogP contribution >= 0.6 is 0 Å². The maximum absolute atomic E-state index is 8.86. The fourth-order valence-corrected chi connectivity index (χ4v) is 0.933.